The molecule has 0 aliphatic rings. The molecule has 0 bridgehead atoms. The highest BCUT2D eigenvalue weighted by Gasteiger charge is 2.31. The third kappa shape index (κ3) is 7.12. The number of anilines is 1. The molecule has 0 saturated carbocycles. The summed E-state index contributed by atoms with van der Waals surface area (Å²) < 4.78 is 45.4. The van der Waals surface area contributed by atoms with Crippen LogP contribution in [0.4, 0.5) is 18.9 Å². The first-order chi connectivity index (χ1) is 14.2. The zero-order valence-electron chi connectivity index (χ0n) is 16.6. The van der Waals surface area contributed by atoms with Crippen LogP contribution in [0.1, 0.15) is 12.0 Å². The molecular formula is C18H23F3N6O3. The van der Waals surface area contributed by atoms with E-state index in [1.807, 2.05) is 0 Å². The highest BCUT2D eigenvalue weighted by Crippen LogP contribution is 2.33. The van der Waals surface area contributed by atoms with Gasteiger partial charge in [0.15, 0.2) is 0 Å². The molecule has 164 valence electrons. The maximum absolute atomic E-state index is 13.1. The Morgan fingerprint density at radius 1 is 1.23 bits per heavy atom. The Balaban J connectivity index is 2.02. The zero-order chi connectivity index (χ0) is 22.1. The second-order valence-electron chi connectivity index (χ2n) is 6.49. The predicted molar refractivity (Wildman–Crippen MR) is 102 cm³/mol. The highest BCUT2D eigenvalue weighted by molar-refractivity contribution is 5.94. The number of likely N-dealkylation sites (N-methyl/N-ethyl adjacent to an activating group) is 1. The van der Waals surface area contributed by atoms with Gasteiger partial charge in [0.2, 0.25) is 11.8 Å². The number of carbonyl (C=O) groups excluding carboxylic acids is 2. The van der Waals surface area contributed by atoms with Crippen molar-refractivity contribution in [2.45, 2.75) is 12.6 Å². The van der Waals surface area contributed by atoms with E-state index in [1.54, 1.807) is 14.2 Å². The normalized spacial score (nSPS) is 11.5. The molecule has 1 heterocycles. The Bertz CT molecular complexity index is 842. The van der Waals surface area contributed by atoms with Crippen molar-refractivity contribution in [1.29, 1.82) is 0 Å². The number of methoxy groups -OCH3 is 1. The van der Waals surface area contributed by atoms with Crippen LogP contribution in [0.15, 0.2) is 30.9 Å². The van der Waals surface area contributed by atoms with Gasteiger partial charge in [-0.25, -0.2) is 9.67 Å². The van der Waals surface area contributed by atoms with E-state index in [0.717, 1.165) is 12.1 Å². The Labute approximate surface area is 171 Å². The van der Waals surface area contributed by atoms with Gasteiger partial charge in [0, 0.05) is 20.3 Å². The van der Waals surface area contributed by atoms with E-state index in [4.69, 9.17) is 4.74 Å². The number of rotatable bonds is 10. The summed E-state index contributed by atoms with van der Waals surface area (Å²) in [5.74, 6) is -0.853. The van der Waals surface area contributed by atoms with Gasteiger partial charge in [-0.05, 0) is 31.7 Å². The van der Waals surface area contributed by atoms with Crippen LogP contribution in [-0.2, 0) is 20.5 Å². The zero-order valence-corrected chi connectivity index (χ0v) is 16.6. The topological polar surface area (TPSA) is 101 Å². The van der Waals surface area contributed by atoms with Gasteiger partial charge in [0.1, 0.15) is 12.7 Å². The minimum absolute atomic E-state index is 0.0427. The number of aromatic nitrogens is 3. The van der Waals surface area contributed by atoms with Crippen LogP contribution in [0, 0.1) is 0 Å². The molecule has 30 heavy (non-hydrogen) atoms. The number of hydrogen-bond donors (Lipinski definition) is 2. The Morgan fingerprint density at radius 2 is 1.97 bits per heavy atom. The standard InChI is InChI=1S/C18H23F3N6O3/c1-26(9-16(28)23-6-3-7-30-2)10-17(29)25-14-8-13(18(19,20)21)4-5-15(14)27-12-22-11-24-27/h4-5,8,11-12H,3,6-7,9-10H2,1-2H3,(H,23,28)(H,25,29). The molecule has 0 spiro atoms. The number of nitrogens with one attached hydrogen (secondary N) is 2. The van der Waals surface area contributed by atoms with Gasteiger partial charge in [0.05, 0.1) is 30.0 Å². The van der Waals surface area contributed by atoms with Crippen molar-refractivity contribution >= 4 is 17.5 Å². The van der Waals surface area contributed by atoms with Gasteiger partial charge in [-0.3, -0.25) is 14.5 Å². The summed E-state index contributed by atoms with van der Waals surface area (Å²) >= 11 is 0. The van der Waals surface area contributed by atoms with E-state index in [0.29, 0.717) is 19.6 Å². The minimum atomic E-state index is -4.57. The molecule has 2 aromatic rings. The summed E-state index contributed by atoms with van der Waals surface area (Å²) in [6.07, 6.45) is -1.38. The molecule has 0 radical (unpaired) electrons. The number of alkyl halides is 3. The fourth-order valence-electron chi connectivity index (χ4n) is 2.58. The SMILES string of the molecule is COCCCNC(=O)CN(C)CC(=O)Nc1cc(C(F)(F)F)ccc1-n1cncn1. The third-order valence-corrected chi connectivity index (χ3v) is 3.94. The quantitative estimate of drug-likeness (QED) is 0.554. The van der Waals surface area contributed by atoms with Crippen LogP contribution >= 0.6 is 0 Å². The lowest BCUT2D eigenvalue weighted by atomic mass is 10.1. The fourth-order valence-corrected chi connectivity index (χ4v) is 2.58. The molecule has 0 atom stereocenters. The summed E-state index contributed by atoms with van der Waals surface area (Å²) in [6.45, 7) is 0.722. The van der Waals surface area contributed by atoms with Crippen LogP contribution in [0.5, 0.6) is 0 Å². The van der Waals surface area contributed by atoms with Gasteiger partial charge in [0.25, 0.3) is 0 Å². The van der Waals surface area contributed by atoms with E-state index >= 15 is 0 Å². The second-order valence-corrected chi connectivity index (χ2v) is 6.49. The average Bonchev–Trinajstić information content (AvgIpc) is 3.18. The van der Waals surface area contributed by atoms with Gasteiger partial charge in [-0.2, -0.15) is 18.3 Å². The number of carbonyl (C=O) groups is 2. The van der Waals surface area contributed by atoms with Crippen molar-refractivity contribution < 1.29 is 27.5 Å². The summed E-state index contributed by atoms with van der Waals surface area (Å²) in [5, 5.41) is 9.03. The lowest BCUT2D eigenvalue weighted by Gasteiger charge is -2.18. The van der Waals surface area contributed by atoms with Crippen LogP contribution < -0.4 is 10.6 Å². The molecule has 12 heteroatoms. The molecule has 1 aromatic heterocycles. The molecule has 2 N–H and O–H groups in total. The van der Waals surface area contributed by atoms with Gasteiger partial charge >= 0.3 is 6.18 Å². The Morgan fingerprint density at radius 3 is 2.60 bits per heavy atom. The molecule has 2 amide bonds. The summed E-state index contributed by atoms with van der Waals surface area (Å²) in [6, 6.07) is 2.93. The molecule has 0 aliphatic heterocycles. The van der Waals surface area contributed by atoms with E-state index in [1.165, 1.54) is 28.3 Å². The van der Waals surface area contributed by atoms with Crippen LogP contribution in [0.2, 0.25) is 0 Å². The van der Waals surface area contributed by atoms with Crippen molar-refractivity contribution in [3.8, 4) is 5.69 Å². The first-order valence-corrected chi connectivity index (χ1v) is 9.01. The van der Waals surface area contributed by atoms with Gasteiger partial charge in [-0.1, -0.05) is 0 Å². The largest absolute Gasteiger partial charge is 0.416 e. The Hall–Kier alpha value is -2.99. The summed E-state index contributed by atoms with van der Waals surface area (Å²) in [5.41, 5.74) is -0.754. The van der Waals surface area contributed by atoms with Crippen molar-refractivity contribution in [3.63, 3.8) is 0 Å². The molecule has 9 nitrogen and oxygen atoms in total. The minimum Gasteiger partial charge on any atom is -0.385 e. The maximum atomic E-state index is 13.1. The molecule has 0 saturated heterocycles. The summed E-state index contributed by atoms with van der Waals surface area (Å²) in [4.78, 5) is 29.4. The Kier molecular flexibility index (Phi) is 8.30. The highest BCUT2D eigenvalue weighted by atomic mass is 19.4. The van der Waals surface area contributed by atoms with Crippen molar-refractivity contribution in [3.05, 3.63) is 36.4 Å². The number of halogens is 3. The first-order valence-electron chi connectivity index (χ1n) is 9.01. The molecular weight excluding hydrogens is 405 g/mol. The van der Waals surface area contributed by atoms with Crippen LogP contribution in [0.3, 0.4) is 0 Å². The fraction of sp³-hybridized carbons (Fsp3) is 0.444. The molecule has 0 fully saturated rings. The average molecular weight is 428 g/mol. The third-order valence-electron chi connectivity index (χ3n) is 3.94. The van der Waals surface area contributed by atoms with E-state index < -0.39 is 17.6 Å². The van der Waals surface area contributed by atoms with Crippen molar-refractivity contribution in [2.75, 3.05) is 45.7 Å². The molecule has 1 aromatic carbocycles. The number of hydrogen-bond acceptors (Lipinski definition) is 6. The second kappa shape index (κ2) is 10.7. The van der Waals surface area contributed by atoms with E-state index in [-0.39, 0.29) is 30.4 Å². The number of benzene rings is 1. The van der Waals surface area contributed by atoms with Crippen LogP contribution in [0.25, 0.3) is 5.69 Å². The van der Waals surface area contributed by atoms with E-state index in [2.05, 4.69) is 20.7 Å². The maximum Gasteiger partial charge on any atom is 0.416 e. The van der Waals surface area contributed by atoms with Crippen molar-refractivity contribution in [1.82, 2.24) is 25.0 Å². The molecule has 2 rings (SSSR count). The lowest BCUT2D eigenvalue weighted by Crippen LogP contribution is -2.39. The van der Waals surface area contributed by atoms with E-state index in [9.17, 15) is 22.8 Å². The van der Waals surface area contributed by atoms with Crippen molar-refractivity contribution in [2.24, 2.45) is 0 Å². The predicted octanol–water partition coefficient (Wildman–Crippen LogP) is 1.31. The molecule has 0 unspecified atom stereocenters. The smallest absolute Gasteiger partial charge is 0.385 e. The number of ether oxygens (including phenoxy) is 1. The van der Waals surface area contributed by atoms with Crippen LogP contribution in [-0.4, -0.2) is 71.9 Å². The number of nitrogens with zero attached hydrogens (tertiary/aromatic N) is 4. The monoisotopic (exact) mass is 428 g/mol. The van der Waals surface area contributed by atoms with Gasteiger partial charge < -0.3 is 15.4 Å². The van der Waals surface area contributed by atoms with Gasteiger partial charge in [-0.15, -0.1) is 0 Å². The molecule has 0 aliphatic carbocycles. The summed E-state index contributed by atoms with van der Waals surface area (Å²) in [7, 11) is 3.12. The lowest BCUT2D eigenvalue weighted by molar-refractivity contribution is -0.137. The number of amides is 2. The first kappa shape index (κ1) is 23.3.